The summed E-state index contributed by atoms with van der Waals surface area (Å²) in [7, 11) is 0. The SMILES string of the molecule is Nc1cccnc1C(=O)Cc1cccc(C(F)(F)F)c1. The predicted octanol–water partition coefficient (Wildman–Crippen LogP) is 3.11. The molecule has 20 heavy (non-hydrogen) atoms. The molecule has 3 nitrogen and oxygen atoms in total. The summed E-state index contributed by atoms with van der Waals surface area (Å²) in [4.78, 5) is 15.8. The van der Waals surface area contributed by atoms with Gasteiger partial charge in [0.05, 0.1) is 11.3 Å². The zero-order chi connectivity index (χ0) is 14.8. The number of hydrogen-bond donors (Lipinski definition) is 1. The highest BCUT2D eigenvalue weighted by atomic mass is 19.4. The topological polar surface area (TPSA) is 56.0 Å². The molecule has 0 bridgehead atoms. The molecule has 0 spiro atoms. The van der Waals surface area contributed by atoms with Gasteiger partial charge in [0.2, 0.25) is 0 Å². The van der Waals surface area contributed by atoms with Gasteiger partial charge >= 0.3 is 6.18 Å². The zero-order valence-electron chi connectivity index (χ0n) is 10.3. The molecule has 0 amide bonds. The molecule has 104 valence electrons. The van der Waals surface area contributed by atoms with Gasteiger partial charge in [0, 0.05) is 12.6 Å². The van der Waals surface area contributed by atoms with Crippen LogP contribution in [0.2, 0.25) is 0 Å². The maximum absolute atomic E-state index is 12.6. The third kappa shape index (κ3) is 3.14. The Morgan fingerprint density at radius 3 is 2.60 bits per heavy atom. The number of halogens is 3. The van der Waals surface area contributed by atoms with Crippen LogP contribution in [0.1, 0.15) is 21.6 Å². The Morgan fingerprint density at radius 1 is 1.20 bits per heavy atom. The number of hydrogen-bond acceptors (Lipinski definition) is 3. The molecule has 0 saturated carbocycles. The van der Waals surface area contributed by atoms with Crippen molar-refractivity contribution in [2.24, 2.45) is 0 Å². The largest absolute Gasteiger partial charge is 0.416 e. The maximum Gasteiger partial charge on any atom is 0.416 e. The van der Waals surface area contributed by atoms with Gasteiger partial charge in [-0.1, -0.05) is 18.2 Å². The number of aromatic nitrogens is 1. The first kappa shape index (κ1) is 14.0. The molecule has 1 aromatic carbocycles. The molecule has 6 heteroatoms. The summed E-state index contributed by atoms with van der Waals surface area (Å²) >= 11 is 0. The van der Waals surface area contributed by atoms with Gasteiger partial charge in [-0.15, -0.1) is 0 Å². The van der Waals surface area contributed by atoms with Crippen molar-refractivity contribution in [3.8, 4) is 0 Å². The lowest BCUT2D eigenvalue weighted by Crippen LogP contribution is -2.10. The van der Waals surface area contributed by atoms with Gasteiger partial charge < -0.3 is 5.73 Å². The van der Waals surface area contributed by atoms with Crippen molar-refractivity contribution in [3.05, 3.63) is 59.4 Å². The second-order valence-corrected chi connectivity index (χ2v) is 4.24. The first-order chi connectivity index (χ1) is 9.38. The van der Waals surface area contributed by atoms with E-state index in [2.05, 4.69) is 4.98 Å². The minimum absolute atomic E-state index is 0.0740. The van der Waals surface area contributed by atoms with Crippen molar-refractivity contribution in [1.29, 1.82) is 0 Å². The molecule has 0 aliphatic rings. The fourth-order valence-corrected chi connectivity index (χ4v) is 1.78. The lowest BCUT2D eigenvalue weighted by molar-refractivity contribution is -0.137. The Labute approximate surface area is 113 Å². The minimum Gasteiger partial charge on any atom is -0.397 e. The van der Waals surface area contributed by atoms with Crippen LogP contribution < -0.4 is 5.73 Å². The minimum atomic E-state index is -4.43. The van der Waals surface area contributed by atoms with Crippen LogP contribution in [0.15, 0.2) is 42.6 Å². The molecule has 1 heterocycles. The molecule has 0 aliphatic heterocycles. The fourth-order valence-electron chi connectivity index (χ4n) is 1.78. The fraction of sp³-hybridized carbons (Fsp3) is 0.143. The van der Waals surface area contributed by atoms with Crippen LogP contribution >= 0.6 is 0 Å². The molecule has 1 aromatic heterocycles. The van der Waals surface area contributed by atoms with Crippen LogP contribution in [-0.4, -0.2) is 10.8 Å². The summed E-state index contributed by atoms with van der Waals surface area (Å²) in [6, 6.07) is 7.75. The molecule has 2 aromatic rings. The summed E-state index contributed by atoms with van der Waals surface area (Å²) in [6.07, 6.45) is -3.19. The second kappa shape index (κ2) is 5.32. The summed E-state index contributed by atoms with van der Waals surface area (Å²) in [5.41, 5.74) is 5.39. The Balaban J connectivity index is 2.23. The van der Waals surface area contributed by atoms with E-state index in [1.54, 1.807) is 6.07 Å². The van der Waals surface area contributed by atoms with Gasteiger partial charge in [-0.3, -0.25) is 9.78 Å². The number of ketones is 1. The third-order valence-electron chi connectivity index (χ3n) is 2.72. The average Bonchev–Trinajstić information content (AvgIpc) is 2.38. The average molecular weight is 280 g/mol. The van der Waals surface area contributed by atoms with Gasteiger partial charge in [-0.25, -0.2) is 0 Å². The van der Waals surface area contributed by atoms with Crippen LogP contribution in [0.25, 0.3) is 0 Å². The van der Waals surface area contributed by atoms with Crippen LogP contribution in [0.3, 0.4) is 0 Å². The first-order valence-corrected chi connectivity index (χ1v) is 5.78. The van der Waals surface area contributed by atoms with E-state index in [4.69, 9.17) is 5.73 Å². The van der Waals surface area contributed by atoms with Crippen molar-refractivity contribution in [2.45, 2.75) is 12.6 Å². The lowest BCUT2D eigenvalue weighted by Gasteiger charge is -2.08. The smallest absolute Gasteiger partial charge is 0.397 e. The Morgan fingerprint density at radius 2 is 1.95 bits per heavy atom. The number of nitrogens with zero attached hydrogens (tertiary/aromatic N) is 1. The third-order valence-corrected chi connectivity index (χ3v) is 2.72. The molecule has 2 rings (SSSR count). The zero-order valence-corrected chi connectivity index (χ0v) is 10.3. The quantitative estimate of drug-likeness (QED) is 0.879. The van der Waals surface area contributed by atoms with Gasteiger partial charge in [-0.05, 0) is 23.8 Å². The number of rotatable bonds is 3. The van der Waals surface area contributed by atoms with Crippen molar-refractivity contribution in [3.63, 3.8) is 0 Å². The Hall–Kier alpha value is -2.37. The Bertz CT molecular complexity index is 638. The van der Waals surface area contributed by atoms with Crippen molar-refractivity contribution < 1.29 is 18.0 Å². The lowest BCUT2D eigenvalue weighted by atomic mass is 10.0. The highest BCUT2D eigenvalue weighted by molar-refractivity contribution is 5.99. The van der Waals surface area contributed by atoms with E-state index in [0.717, 1.165) is 12.1 Å². The van der Waals surface area contributed by atoms with E-state index in [-0.39, 0.29) is 23.4 Å². The normalized spacial score (nSPS) is 11.3. The van der Waals surface area contributed by atoms with Crippen LogP contribution in [0, 0.1) is 0 Å². The van der Waals surface area contributed by atoms with Crippen molar-refractivity contribution >= 4 is 11.5 Å². The molecule has 0 radical (unpaired) electrons. The molecule has 0 fully saturated rings. The van der Waals surface area contributed by atoms with Crippen molar-refractivity contribution in [1.82, 2.24) is 4.98 Å². The van der Waals surface area contributed by atoms with E-state index in [9.17, 15) is 18.0 Å². The maximum atomic E-state index is 12.6. The number of benzene rings is 1. The van der Waals surface area contributed by atoms with E-state index in [1.807, 2.05) is 0 Å². The molecule has 0 unspecified atom stereocenters. The number of nitrogen functional groups attached to an aromatic ring is 1. The van der Waals surface area contributed by atoms with Gasteiger partial charge in [-0.2, -0.15) is 13.2 Å². The number of anilines is 1. The number of pyridine rings is 1. The first-order valence-electron chi connectivity index (χ1n) is 5.78. The predicted molar refractivity (Wildman–Crippen MR) is 68.1 cm³/mol. The van der Waals surface area contributed by atoms with Crippen molar-refractivity contribution in [2.75, 3.05) is 5.73 Å². The van der Waals surface area contributed by atoms with E-state index in [1.165, 1.54) is 24.4 Å². The standard InChI is InChI=1S/C14H11F3N2O/c15-14(16,17)10-4-1-3-9(7-10)8-12(20)13-11(18)5-2-6-19-13/h1-7H,8,18H2. The second-order valence-electron chi connectivity index (χ2n) is 4.24. The number of carbonyl (C=O) groups is 1. The van der Waals surface area contributed by atoms with Crippen LogP contribution in [-0.2, 0) is 12.6 Å². The van der Waals surface area contributed by atoms with Crippen LogP contribution in [0.5, 0.6) is 0 Å². The summed E-state index contributed by atoms with van der Waals surface area (Å²) in [6.45, 7) is 0. The number of carbonyl (C=O) groups excluding carboxylic acids is 1. The van der Waals surface area contributed by atoms with Gasteiger partial charge in [0.1, 0.15) is 5.69 Å². The number of alkyl halides is 3. The summed E-state index contributed by atoms with van der Waals surface area (Å²) in [5, 5.41) is 0. The molecular formula is C14H11F3N2O. The van der Waals surface area contributed by atoms with Gasteiger partial charge in [0.25, 0.3) is 0 Å². The summed E-state index contributed by atoms with van der Waals surface area (Å²) in [5.74, 6) is -0.414. The monoisotopic (exact) mass is 280 g/mol. The molecule has 0 atom stereocenters. The number of Topliss-reactive ketones (excluding diaryl/α,β-unsaturated/α-hetero) is 1. The number of nitrogens with two attached hydrogens (primary N) is 1. The van der Waals surface area contributed by atoms with Crippen LogP contribution in [0.4, 0.5) is 18.9 Å². The highest BCUT2D eigenvalue weighted by Crippen LogP contribution is 2.29. The molecule has 0 saturated heterocycles. The van der Waals surface area contributed by atoms with Gasteiger partial charge in [0.15, 0.2) is 5.78 Å². The van der Waals surface area contributed by atoms with E-state index in [0.29, 0.717) is 0 Å². The summed E-state index contributed by atoms with van der Waals surface area (Å²) < 4.78 is 37.7. The molecule has 0 aliphatic carbocycles. The highest BCUT2D eigenvalue weighted by Gasteiger charge is 2.30. The molecular weight excluding hydrogens is 269 g/mol. The van der Waals surface area contributed by atoms with E-state index < -0.39 is 17.5 Å². The molecule has 2 N–H and O–H groups in total. The van der Waals surface area contributed by atoms with E-state index >= 15 is 0 Å². The Kier molecular flexibility index (Phi) is 3.74.